The summed E-state index contributed by atoms with van der Waals surface area (Å²) in [6, 6.07) is 11.1. The number of nitrogens with zero attached hydrogens (tertiary/aromatic N) is 2. The van der Waals surface area contributed by atoms with Crippen LogP contribution in [-0.4, -0.2) is 30.3 Å². The van der Waals surface area contributed by atoms with Gasteiger partial charge in [0.25, 0.3) is 0 Å². The average Bonchev–Trinajstić information content (AvgIpc) is 3.21. The van der Waals surface area contributed by atoms with Crippen molar-refractivity contribution in [1.29, 1.82) is 0 Å². The first-order valence-electron chi connectivity index (χ1n) is 9.10. The maximum Gasteiger partial charge on any atom is 0.227 e. The van der Waals surface area contributed by atoms with Gasteiger partial charge < -0.3 is 19.3 Å². The van der Waals surface area contributed by atoms with Crippen molar-refractivity contribution in [1.82, 2.24) is 15.5 Å². The van der Waals surface area contributed by atoms with Crippen LogP contribution in [0.25, 0.3) is 11.4 Å². The Labute approximate surface area is 167 Å². The lowest BCUT2D eigenvalue weighted by Crippen LogP contribution is -2.26. The summed E-state index contributed by atoms with van der Waals surface area (Å²) in [7, 11) is 3.11. The molecule has 1 heterocycles. The minimum Gasteiger partial charge on any atom is -0.493 e. The van der Waals surface area contributed by atoms with Crippen LogP contribution in [0, 0.1) is 5.82 Å². The molecule has 1 N–H and O–H groups in total. The Morgan fingerprint density at radius 2 is 1.86 bits per heavy atom. The van der Waals surface area contributed by atoms with E-state index < -0.39 is 0 Å². The third-order valence-corrected chi connectivity index (χ3v) is 4.42. The second-order valence-corrected chi connectivity index (χ2v) is 6.42. The molecule has 1 atom stereocenters. The first kappa shape index (κ1) is 20.3. The zero-order valence-electron chi connectivity index (χ0n) is 16.4. The summed E-state index contributed by atoms with van der Waals surface area (Å²) in [4.78, 5) is 16.5. The molecule has 0 bridgehead atoms. The Hall–Kier alpha value is -3.42. The number of carbonyl (C=O) groups excluding carboxylic acids is 1. The van der Waals surface area contributed by atoms with Crippen molar-refractivity contribution in [3.63, 3.8) is 0 Å². The van der Waals surface area contributed by atoms with Gasteiger partial charge in [0, 0.05) is 18.4 Å². The monoisotopic (exact) mass is 399 g/mol. The van der Waals surface area contributed by atoms with E-state index >= 15 is 0 Å². The number of carbonyl (C=O) groups is 1. The van der Waals surface area contributed by atoms with Crippen LogP contribution in [0.5, 0.6) is 11.5 Å². The number of benzene rings is 2. The molecule has 0 aliphatic carbocycles. The van der Waals surface area contributed by atoms with Gasteiger partial charge in [-0.25, -0.2) is 4.39 Å². The number of hydrogen-bond donors (Lipinski definition) is 1. The fourth-order valence-electron chi connectivity index (χ4n) is 2.82. The van der Waals surface area contributed by atoms with E-state index in [-0.39, 0.29) is 24.2 Å². The highest BCUT2D eigenvalue weighted by atomic mass is 19.1. The Morgan fingerprint density at radius 1 is 1.14 bits per heavy atom. The lowest BCUT2D eigenvalue weighted by Gasteiger charge is -2.13. The van der Waals surface area contributed by atoms with E-state index in [0.29, 0.717) is 35.2 Å². The third-order valence-electron chi connectivity index (χ3n) is 4.42. The van der Waals surface area contributed by atoms with Gasteiger partial charge in [-0.2, -0.15) is 4.98 Å². The van der Waals surface area contributed by atoms with E-state index in [1.807, 2.05) is 6.92 Å². The summed E-state index contributed by atoms with van der Waals surface area (Å²) in [6.45, 7) is 1.84. The summed E-state index contributed by atoms with van der Waals surface area (Å²) in [5.74, 6) is 1.46. The zero-order chi connectivity index (χ0) is 20.8. The van der Waals surface area contributed by atoms with Crippen LogP contribution in [0.1, 0.15) is 30.8 Å². The quantitative estimate of drug-likeness (QED) is 0.622. The van der Waals surface area contributed by atoms with Crippen molar-refractivity contribution in [2.24, 2.45) is 0 Å². The van der Waals surface area contributed by atoms with E-state index in [4.69, 9.17) is 14.0 Å². The zero-order valence-corrected chi connectivity index (χ0v) is 16.4. The number of aryl methyl sites for hydroxylation is 1. The lowest BCUT2D eigenvalue weighted by molar-refractivity contribution is -0.121. The molecule has 0 saturated heterocycles. The predicted octanol–water partition coefficient (Wildman–Crippen LogP) is 3.70. The van der Waals surface area contributed by atoms with Crippen LogP contribution in [-0.2, 0) is 11.2 Å². The van der Waals surface area contributed by atoms with E-state index in [1.165, 1.54) is 12.1 Å². The molecular weight excluding hydrogens is 377 g/mol. The minimum atomic E-state index is -0.311. The third kappa shape index (κ3) is 5.10. The molecule has 3 aromatic rings. The van der Waals surface area contributed by atoms with Crippen molar-refractivity contribution in [2.45, 2.75) is 25.8 Å². The number of amides is 1. The first-order valence-corrected chi connectivity index (χ1v) is 9.10. The highest BCUT2D eigenvalue weighted by molar-refractivity contribution is 5.76. The number of ether oxygens (including phenoxy) is 2. The smallest absolute Gasteiger partial charge is 0.227 e. The largest absolute Gasteiger partial charge is 0.493 e. The van der Waals surface area contributed by atoms with Crippen molar-refractivity contribution >= 4 is 5.91 Å². The van der Waals surface area contributed by atoms with E-state index in [9.17, 15) is 9.18 Å². The van der Waals surface area contributed by atoms with Gasteiger partial charge in [0.1, 0.15) is 5.82 Å². The summed E-state index contributed by atoms with van der Waals surface area (Å²) >= 11 is 0. The van der Waals surface area contributed by atoms with Crippen LogP contribution in [0.3, 0.4) is 0 Å². The van der Waals surface area contributed by atoms with Crippen molar-refractivity contribution < 1.29 is 23.2 Å². The van der Waals surface area contributed by atoms with Gasteiger partial charge in [-0.1, -0.05) is 17.3 Å². The second kappa shape index (κ2) is 9.18. The van der Waals surface area contributed by atoms with Crippen LogP contribution < -0.4 is 14.8 Å². The number of nitrogens with one attached hydrogen (secondary N) is 1. The van der Waals surface area contributed by atoms with Crippen molar-refractivity contribution in [3.05, 3.63) is 59.7 Å². The number of rotatable bonds is 8. The van der Waals surface area contributed by atoms with E-state index in [0.717, 1.165) is 5.56 Å². The summed E-state index contributed by atoms with van der Waals surface area (Å²) in [5.41, 5.74) is 1.54. The SMILES string of the molecule is COc1ccc(-c2noc(CCC(=O)N[C@@H](C)c3ccc(F)cc3)n2)cc1OC. The number of aromatic nitrogens is 2. The minimum absolute atomic E-state index is 0.160. The topological polar surface area (TPSA) is 86.5 Å². The van der Waals surface area contributed by atoms with Crippen LogP contribution in [0.2, 0.25) is 0 Å². The number of methoxy groups -OCH3 is 2. The second-order valence-electron chi connectivity index (χ2n) is 6.42. The summed E-state index contributed by atoms with van der Waals surface area (Å²) < 4.78 is 28.7. The predicted molar refractivity (Wildman–Crippen MR) is 104 cm³/mol. The number of halogens is 1. The molecule has 0 saturated carbocycles. The molecule has 2 aromatic carbocycles. The Balaban J connectivity index is 1.57. The Morgan fingerprint density at radius 3 is 2.55 bits per heavy atom. The molecule has 8 heteroatoms. The standard InChI is InChI=1S/C21H22FN3O4/c1-13(14-4-7-16(22)8-5-14)23-19(26)10-11-20-24-21(25-29-20)15-6-9-17(27-2)18(12-15)28-3/h4-9,12-13H,10-11H2,1-3H3,(H,23,26)/t13-/m0/s1. The van der Waals surface area contributed by atoms with Crippen molar-refractivity contribution in [3.8, 4) is 22.9 Å². The van der Waals surface area contributed by atoms with Gasteiger partial charge in [0.05, 0.1) is 20.3 Å². The lowest BCUT2D eigenvalue weighted by atomic mass is 10.1. The fraction of sp³-hybridized carbons (Fsp3) is 0.286. The summed E-state index contributed by atoms with van der Waals surface area (Å²) in [5, 5.41) is 6.83. The van der Waals surface area contributed by atoms with Gasteiger partial charge in [-0.05, 0) is 42.8 Å². The maximum atomic E-state index is 13.0. The molecule has 0 fully saturated rings. The maximum absolute atomic E-state index is 13.0. The average molecular weight is 399 g/mol. The van der Waals surface area contributed by atoms with Gasteiger partial charge >= 0.3 is 0 Å². The molecule has 3 rings (SSSR count). The number of hydrogen-bond acceptors (Lipinski definition) is 6. The van der Waals surface area contributed by atoms with Crippen molar-refractivity contribution in [2.75, 3.05) is 14.2 Å². The fourth-order valence-corrected chi connectivity index (χ4v) is 2.82. The molecular formula is C21H22FN3O4. The van der Waals surface area contributed by atoms with Gasteiger partial charge in [-0.15, -0.1) is 0 Å². The molecule has 0 spiro atoms. The summed E-state index contributed by atoms with van der Waals surface area (Å²) in [6.07, 6.45) is 0.501. The Bertz CT molecular complexity index is 972. The normalized spacial score (nSPS) is 11.7. The molecule has 0 aliphatic rings. The molecule has 29 heavy (non-hydrogen) atoms. The molecule has 7 nitrogen and oxygen atoms in total. The molecule has 1 aromatic heterocycles. The van der Waals surface area contributed by atoms with Crippen LogP contribution in [0.15, 0.2) is 47.0 Å². The highest BCUT2D eigenvalue weighted by Gasteiger charge is 2.14. The van der Waals surface area contributed by atoms with Gasteiger partial charge in [0.15, 0.2) is 11.5 Å². The van der Waals surface area contributed by atoms with Gasteiger partial charge in [0.2, 0.25) is 17.6 Å². The first-order chi connectivity index (χ1) is 14.0. The molecule has 0 unspecified atom stereocenters. The highest BCUT2D eigenvalue weighted by Crippen LogP contribution is 2.31. The van der Waals surface area contributed by atoms with Gasteiger partial charge in [-0.3, -0.25) is 4.79 Å². The Kier molecular flexibility index (Phi) is 6.43. The van der Waals surface area contributed by atoms with E-state index in [2.05, 4.69) is 15.5 Å². The van der Waals surface area contributed by atoms with Crippen LogP contribution >= 0.6 is 0 Å². The molecule has 0 radical (unpaired) electrons. The molecule has 152 valence electrons. The molecule has 0 aliphatic heterocycles. The van der Waals surface area contributed by atoms with E-state index in [1.54, 1.807) is 44.6 Å². The molecule has 1 amide bonds. The van der Waals surface area contributed by atoms with Crippen LogP contribution in [0.4, 0.5) is 4.39 Å².